The minimum absolute atomic E-state index is 0.00418. The maximum Gasteiger partial charge on any atom is 0.234 e. The molecule has 0 aromatic rings. The zero-order chi connectivity index (χ0) is 11.4. The van der Waals surface area contributed by atoms with Gasteiger partial charge in [0, 0.05) is 6.54 Å². The third-order valence-electron chi connectivity index (χ3n) is 1.42. The molecule has 0 fully saturated rings. The Morgan fingerprint density at radius 2 is 1.93 bits per heavy atom. The Kier molecular flexibility index (Phi) is 10.1. The third-order valence-corrected chi connectivity index (χ3v) is 1.42. The molecule has 0 aliphatic heterocycles. The molecule has 0 rings (SSSR count). The number of carbonyl (C=O) groups is 1. The Morgan fingerprint density at radius 3 is 2.53 bits per heavy atom. The van der Waals surface area contributed by atoms with Crippen molar-refractivity contribution in [3.8, 4) is 6.07 Å². The molecule has 0 aromatic heterocycles. The first-order chi connectivity index (χ1) is 7.31. The van der Waals surface area contributed by atoms with E-state index in [9.17, 15) is 4.79 Å². The predicted molar refractivity (Wildman–Crippen MR) is 52.0 cm³/mol. The molecule has 1 amide bonds. The van der Waals surface area contributed by atoms with E-state index < -0.39 is 0 Å². The van der Waals surface area contributed by atoms with Crippen LogP contribution in [0.15, 0.2) is 0 Å². The van der Waals surface area contributed by atoms with Crippen LogP contribution in [0, 0.1) is 11.3 Å². The number of carbonyl (C=O) groups excluding carboxylic acids is 1. The Balaban J connectivity index is 3.05. The molecule has 0 radical (unpaired) electrons. The normalized spacial score (nSPS) is 9.60. The number of ether oxygens (including phenoxy) is 2. The van der Waals surface area contributed by atoms with Gasteiger partial charge in [-0.15, -0.1) is 0 Å². The van der Waals surface area contributed by atoms with Gasteiger partial charge >= 0.3 is 0 Å². The summed E-state index contributed by atoms with van der Waals surface area (Å²) in [5.74, 6) is -0.294. The lowest BCUT2D eigenvalue weighted by Gasteiger charge is -2.05. The summed E-state index contributed by atoms with van der Waals surface area (Å²) in [6.07, 6.45) is -0.125. The van der Waals surface area contributed by atoms with Crippen LogP contribution in [0.5, 0.6) is 0 Å². The fraction of sp³-hybridized carbons (Fsp3) is 0.778. The van der Waals surface area contributed by atoms with Gasteiger partial charge in [0.2, 0.25) is 5.91 Å². The molecule has 2 N–H and O–H groups in total. The maximum atomic E-state index is 10.8. The van der Waals surface area contributed by atoms with Crippen LogP contribution in [0.3, 0.4) is 0 Å². The highest BCUT2D eigenvalue weighted by Gasteiger charge is 1.97. The van der Waals surface area contributed by atoms with Crippen molar-refractivity contribution in [2.45, 2.75) is 6.42 Å². The van der Waals surface area contributed by atoms with Gasteiger partial charge in [0.25, 0.3) is 0 Å². The van der Waals surface area contributed by atoms with E-state index in [1.54, 1.807) is 6.07 Å². The molecule has 0 aliphatic carbocycles. The molecule has 0 bridgehead atoms. The number of hydrogen-bond donors (Lipinski definition) is 2. The van der Waals surface area contributed by atoms with Crippen molar-refractivity contribution in [1.29, 1.82) is 5.26 Å². The van der Waals surface area contributed by atoms with E-state index in [4.69, 9.17) is 19.8 Å². The van der Waals surface area contributed by atoms with E-state index >= 15 is 0 Å². The van der Waals surface area contributed by atoms with Crippen molar-refractivity contribution in [1.82, 2.24) is 5.32 Å². The van der Waals surface area contributed by atoms with Gasteiger partial charge in [0.15, 0.2) is 0 Å². The van der Waals surface area contributed by atoms with Gasteiger partial charge in [-0.05, 0) is 0 Å². The van der Waals surface area contributed by atoms with Crippen LogP contribution in [0.1, 0.15) is 6.42 Å². The van der Waals surface area contributed by atoms with Gasteiger partial charge < -0.3 is 19.9 Å². The van der Waals surface area contributed by atoms with Crippen molar-refractivity contribution in [3.63, 3.8) is 0 Å². The number of amides is 1. The Bertz CT molecular complexity index is 203. The first kappa shape index (κ1) is 13.8. The maximum absolute atomic E-state index is 10.8. The summed E-state index contributed by atoms with van der Waals surface area (Å²) in [6, 6.07) is 1.75. The highest BCUT2D eigenvalue weighted by atomic mass is 16.5. The summed E-state index contributed by atoms with van der Waals surface area (Å²) in [4.78, 5) is 10.8. The highest BCUT2D eigenvalue weighted by molar-refractivity contribution is 5.77. The number of nitriles is 1. The molecular weight excluding hydrogens is 200 g/mol. The van der Waals surface area contributed by atoms with Gasteiger partial charge in [-0.25, -0.2) is 0 Å². The Hall–Kier alpha value is -1.16. The number of nitrogens with one attached hydrogen (secondary N) is 1. The molecule has 6 nitrogen and oxygen atoms in total. The average molecular weight is 216 g/mol. The molecule has 0 saturated heterocycles. The molecule has 6 heteroatoms. The van der Waals surface area contributed by atoms with Crippen molar-refractivity contribution in [2.75, 3.05) is 39.6 Å². The molecule has 0 aliphatic rings. The van der Waals surface area contributed by atoms with Crippen molar-refractivity contribution in [3.05, 3.63) is 0 Å². The zero-order valence-corrected chi connectivity index (χ0v) is 8.57. The van der Waals surface area contributed by atoms with E-state index in [2.05, 4.69) is 5.32 Å². The lowest BCUT2D eigenvalue weighted by Crippen LogP contribution is -2.27. The second-order valence-electron chi connectivity index (χ2n) is 2.63. The molecule has 0 atom stereocenters. The fourth-order valence-corrected chi connectivity index (χ4v) is 0.783. The topological polar surface area (TPSA) is 91.6 Å². The van der Waals surface area contributed by atoms with Crippen LogP contribution in [-0.4, -0.2) is 50.6 Å². The van der Waals surface area contributed by atoms with Crippen LogP contribution in [0.2, 0.25) is 0 Å². The van der Waals surface area contributed by atoms with E-state index in [0.29, 0.717) is 33.0 Å². The van der Waals surface area contributed by atoms with Crippen LogP contribution in [0.4, 0.5) is 0 Å². The monoisotopic (exact) mass is 216 g/mol. The minimum Gasteiger partial charge on any atom is -0.394 e. The quantitative estimate of drug-likeness (QED) is 0.484. The van der Waals surface area contributed by atoms with Gasteiger partial charge in [0.05, 0.1) is 39.1 Å². The summed E-state index contributed by atoms with van der Waals surface area (Å²) < 4.78 is 10.0. The van der Waals surface area contributed by atoms with E-state index in [1.165, 1.54) is 0 Å². The van der Waals surface area contributed by atoms with Crippen LogP contribution in [-0.2, 0) is 14.3 Å². The van der Waals surface area contributed by atoms with E-state index in [1.807, 2.05) is 0 Å². The second kappa shape index (κ2) is 10.9. The SMILES string of the molecule is N#CCC(=O)NCCOCCOCCO. The van der Waals surface area contributed by atoms with Crippen molar-refractivity contribution in [2.24, 2.45) is 0 Å². The van der Waals surface area contributed by atoms with Gasteiger partial charge in [0.1, 0.15) is 6.42 Å². The van der Waals surface area contributed by atoms with Gasteiger partial charge in [-0.1, -0.05) is 0 Å². The van der Waals surface area contributed by atoms with E-state index in [0.717, 1.165) is 0 Å². The third kappa shape index (κ3) is 10.8. The smallest absolute Gasteiger partial charge is 0.234 e. The molecule has 0 saturated carbocycles. The number of aliphatic hydroxyl groups excluding tert-OH is 1. The fourth-order valence-electron chi connectivity index (χ4n) is 0.783. The molecular formula is C9H16N2O4. The summed E-state index contributed by atoms with van der Waals surface area (Å²) in [5, 5.41) is 19.1. The Morgan fingerprint density at radius 1 is 1.27 bits per heavy atom. The predicted octanol–water partition coefficient (Wildman–Crippen LogP) is -0.958. The minimum atomic E-state index is -0.294. The lowest BCUT2D eigenvalue weighted by atomic mass is 10.4. The van der Waals surface area contributed by atoms with Gasteiger partial charge in [-0.3, -0.25) is 4.79 Å². The number of rotatable bonds is 9. The van der Waals surface area contributed by atoms with Crippen molar-refractivity contribution >= 4 is 5.91 Å². The Labute approximate surface area is 88.8 Å². The number of aliphatic hydroxyl groups is 1. The number of hydrogen-bond acceptors (Lipinski definition) is 5. The van der Waals surface area contributed by atoms with Crippen molar-refractivity contribution < 1.29 is 19.4 Å². The summed E-state index contributed by atoms with van der Waals surface area (Å²) in [5.41, 5.74) is 0. The van der Waals surface area contributed by atoms with Gasteiger partial charge in [-0.2, -0.15) is 5.26 Å². The zero-order valence-electron chi connectivity index (χ0n) is 8.57. The van der Waals surface area contributed by atoms with Crippen LogP contribution in [0.25, 0.3) is 0 Å². The van der Waals surface area contributed by atoms with E-state index in [-0.39, 0.29) is 18.9 Å². The first-order valence-electron chi connectivity index (χ1n) is 4.71. The molecule has 86 valence electrons. The molecule has 0 unspecified atom stereocenters. The second-order valence-corrected chi connectivity index (χ2v) is 2.63. The average Bonchev–Trinajstić information content (AvgIpc) is 2.22. The summed E-state index contributed by atoms with van der Waals surface area (Å²) in [6.45, 7) is 1.94. The molecule has 0 spiro atoms. The first-order valence-corrected chi connectivity index (χ1v) is 4.71. The molecule has 15 heavy (non-hydrogen) atoms. The van der Waals surface area contributed by atoms with Crippen LogP contribution >= 0.6 is 0 Å². The largest absolute Gasteiger partial charge is 0.394 e. The highest BCUT2D eigenvalue weighted by Crippen LogP contribution is 1.79. The molecule has 0 aromatic carbocycles. The number of nitrogens with zero attached hydrogens (tertiary/aromatic N) is 1. The standard InChI is InChI=1S/C9H16N2O4/c10-2-1-9(13)11-3-5-14-7-8-15-6-4-12/h12H,1,3-8H2,(H,11,13). The summed E-state index contributed by atoms with van der Waals surface area (Å²) in [7, 11) is 0. The summed E-state index contributed by atoms with van der Waals surface area (Å²) >= 11 is 0. The van der Waals surface area contributed by atoms with Crippen LogP contribution < -0.4 is 5.32 Å². The molecule has 0 heterocycles. The lowest BCUT2D eigenvalue weighted by molar-refractivity contribution is -0.120.